The summed E-state index contributed by atoms with van der Waals surface area (Å²) in [5.74, 6) is 0.639. The molecule has 0 aromatic carbocycles. The predicted octanol–water partition coefficient (Wildman–Crippen LogP) is 2.07. The van der Waals surface area contributed by atoms with Crippen molar-refractivity contribution in [3.63, 3.8) is 0 Å². The Morgan fingerprint density at radius 2 is 2.62 bits per heavy atom. The maximum atomic E-state index is 5.41. The summed E-state index contributed by atoms with van der Waals surface area (Å²) in [5.41, 5.74) is 0. The van der Waals surface area contributed by atoms with Gasteiger partial charge < -0.3 is 4.74 Å². The molecule has 0 N–H and O–H groups in total. The zero-order valence-electron chi connectivity index (χ0n) is 7.45. The second-order valence-corrected chi connectivity index (χ2v) is 4.38. The zero-order valence-corrected chi connectivity index (χ0v) is 9.03. The minimum atomic E-state index is 0.639. The summed E-state index contributed by atoms with van der Waals surface area (Å²) in [6.07, 6.45) is 6.28. The van der Waals surface area contributed by atoms with Crippen LogP contribution in [0.25, 0.3) is 0 Å². The number of hydrogen-bond acceptors (Lipinski definition) is 2. The maximum absolute atomic E-state index is 5.41. The van der Waals surface area contributed by atoms with E-state index in [2.05, 4.69) is 21.0 Å². The van der Waals surface area contributed by atoms with E-state index in [1.807, 2.05) is 17.1 Å². The van der Waals surface area contributed by atoms with Crippen molar-refractivity contribution >= 4 is 15.9 Å². The molecule has 1 aliphatic heterocycles. The van der Waals surface area contributed by atoms with Crippen LogP contribution < -0.4 is 0 Å². The normalized spacial score (nSPS) is 23.3. The Labute approximate surface area is 86.2 Å². The first kappa shape index (κ1) is 9.21. The highest BCUT2D eigenvalue weighted by Crippen LogP contribution is 2.16. The standard InChI is InChI=1S/C9H13BrN2O/c10-9-4-11-12(6-9)5-8-2-1-3-13-7-8/h4,6,8H,1-3,5,7H2. The van der Waals surface area contributed by atoms with Gasteiger partial charge in [0.15, 0.2) is 0 Å². The van der Waals surface area contributed by atoms with E-state index in [-0.39, 0.29) is 0 Å². The highest BCUT2D eigenvalue weighted by molar-refractivity contribution is 9.10. The molecule has 0 amide bonds. The highest BCUT2D eigenvalue weighted by atomic mass is 79.9. The van der Waals surface area contributed by atoms with Gasteiger partial charge >= 0.3 is 0 Å². The molecule has 0 spiro atoms. The zero-order chi connectivity index (χ0) is 9.10. The summed E-state index contributed by atoms with van der Waals surface area (Å²) in [6, 6.07) is 0. The molecule has 2 rings (SSSR count). The molecule has 1 atom stereocenters. The second-order valence-electron chi connectivity index (χ2n) is 3.46. The Balaban J connectivity index is 1.89. The fourth-order valence-electron chi connectivity index (χ4n) is 1.65. The molecule has 1 fully saturated rings. The van der Waals surface area contributed by atoms with E-state index in [0.29, 0.717) is 5.92 Å². The molecule has 1 aromatic rings. The minimum absolute atomic E-state index is 0.639. The lowest BCUT2D eigenvalue weighted by atomic mass is 10.0. The molecule has 0 radical (unpaired) electrons. The minimum Gasteiger partial charge on any atom is -0.381 e. The third-order valence-corrected chi connectivity index (χ3v) is 2.71. The van der Waals surface area contributed by atoms with Crippen LogP contribution in [-0.4, -0.2) is 23.0 Å². The fourth-order valence-corrected chi connectivity index (χ4v) is 1.98. The van der Waals surface area contributed by atoms with E-state index in [1.165, 1.54) is 12.8 Å². The average molecular weight is 245 g/mol. The number of halogens is 1. The first-order chi connectivity index (χ1) is 6.34. The van der Waals surface area contributed by atoms with Gasteiger partial charge in [0.05, 0.1) is 17.3 Å². The SMILES string of the molecule is Brc1cnn(CC2CCCOC2)c1. The van der Waals surface area contributed by atoms with Crippen molar-refractivity contribution in [2.75, 3.05) is 13.2 Å². The number of nitrogens with zero attached hydrogens (tertiary/aromatic N) is 2. The quantitative estimate of drug-likeness (QED) is 0.797. The van der Waals surface area contributed by atoms with Gasteiger partial charge in [-0.1, -0.05) is 0 Å². The Kier molecular flexibility index (Phi) is 3.01. The summed E-state index contributed by atoms with van der Waals surface area (Å²) in [5, 5.41) is 4.22. The van der Waals surface area contributed by atoms with Gasteiger partial charge in [-0.15, -0.1) is 0 Å². The molecule has 1 unspecified atom stereocenters. The monoisotopic (exact) mass is 244 g/mol. The molecule has 3 nitrogen and oxygen atoms in total. The second kappa shape index (κ2) is 4.24. The van der Waals surface area contributed by atoms with Gasteiger partial charge in [-0.25, -0.2) is 0 Å². The molecule has 0 aliphatic carbocycles. The van der Waals surface area contributed by atoms with E-state index in [1.54, 1.807) is 0 Å². The van der Waals surface area contributed by atoms with E-state index in [0.717, 1.165) is 24.2 Å². The molecule has 13 heavy (non-hydrogen) atoms. The smallest absolute Gasteiger partial charge is 0.0632 e. The van der Waals surface area contributed by atoms with Crippen molar-refractivity contribution in [1.29, 1.82) is 0 Å². The largest absolute Gasteiger partial charge is 0.381 e. The molecular weight excluding hydrogens is 232 g/mol. The van der Waals surface area contributed by atoms with Crippen molar-refractivity contribution in [2.24, 2.45) is 5.92 Å². The van der Waals surface area contributed by atoms with Crippen LogP contribution in [0.15, 0.2) is 16.9 Å². The van der Waals surface area contributed by atoms with Crippen LogP contribution in [0, 0.1) is 5.92 Å². The van der Waals surface area contributed by atoms with Crippen molar-refractivity contribution in [2.45, 2.75) is 19.4 Å². The summed E-state index contributed by atoms with van der Waals surface area (Å²) < 4.78 is 8.43. The molecule has 1 aliphatic rings. The Morgan fingerprint density at radius 3 is 3.23 bits per heavy atom. The fraction of sp³-hybridized carbons (Fsp3) is 0.667. The van der Waals surface area contributed by atoms with Crippen molar-refractivity contribution < 1.29 is 4.74 Å². The van der Waals surface area contributed by atoms with Crippen LogP contribution in [0.2, 0.25) is 0 Å². The first-order valence-corrected chi connectivity index (χ1v) is 5.39. The van der Waals surface area contributed by atoms with E-state index in [9.17, 15) is 0 Å². The molecule has 72 valence electrons. The van der Waals surface area contributed by atoms with E-state index < -0.39 is 0 Å². The average Bonchev–Trinajstić information content (AvgIpc) is 2.53. The van der Waals surface area contributed by atoms with Crippen LogP contribution in [0.1, 0.15) is 12.8 Å². The summed E-state index contributed by atoms with van der Waals surface area (Å²) in [7, 11) is 0. The van der Waals surface area contributed by atoms with Crippen LogP contribution >= 0.6 is 15.9 Å². The number of rotatable bonds is 2. The molecule has 1 saturated heterocycles. The van der Waals surface area contributed by atoms with Gasteiger partial charge in [0.2, 0.25) is 0 Å². The molecule has 4 heteroatoms. The molecular formula is C9H13BrN2O. The summed E-state index contributed by atoms with van der Waals surface area (Å²) in [6.45, 7) is 2.79. The molecule has 0 saturated carbocycles. The first-order valence-electron chi connectivity index (χ1n) is 4.60. The van der Waals surface area contributed by atoms with Crippen molar-refractivity contribution in [3.05, 3.63) is 16.9 Å². The van der Waals surface area contributed by atoms with Crippen molar-refractivity contribution in [3.8, 4) is 0 Å². The Bertz CT molecular complexity index is 268. The number of ether oxygens (including phenoxy) is 1. The summed E-state index contributed by atoms with van der Waals surface area (Å²) >= 11 is 3.38. The van der Waals surface area contributed by atoms with Crippen LogP contribution in [0.5, 0.6) is 0 Å². The topological polar surface area (TPSA) is 27.1 Å². The van der Waals surface area contributed by atoms with E-state index in [4.69, 9.17) is 4.74 Å². The van der Waals surface area contributed by atoms with Gasteiger partial charge in [-0.05, 0) is 28.8 Å². The van der Waals surface area contributed by atoms with Crippen LogP contribution in [0.3, 0.4) is 0 Å². The van der Waals surface area contributed by atoms with Crippen LogP contribution in [-0.2, 0) is 11.3 Å². The highest BCUT2D eigenvalue weighted by Gasteiger charge is 2.14. The molecule has 1 aromatic heterocycles. The van der Waals surface area contributed by atoms with Crippen molar-refractivity contribution in [1.82, 2.24) is 9.78 Å². The lowest BCUT2D eigenvalue weighted by molar-refractivity contribution is 0.0470. The molecule has 2 heterocycles. The van der Waals surface area contributed by atoms with Gasteiger partial charge in [0.25, 0.3) is 0 Å². The third-order valence-electron chi connectivity index (χ3n) is 2.30. The lowest BCUT2D eigenvalue weighted by Crippen LogP contribution is -2.22. The van der Waals surface area contributed by atoms with Gasteiger partial charge in [-0.2, -0.15) is 5.10 Å². The van der Waals surface area contributed by atoms with Gasteiger partial charge in [0, 0.05) is 25.3 Å². The predicted molar refractivity (Wildman–Crippen MR) is 53.5 cm³/mol. The summed E-state index contributed by atoms with van der Waals surface area (Å²) in [4.78, 5) is 0. The number of hydrogen-bond donors (Lipinski definition) is 0. The van der Waals surface area contributed by atoms with Gasteiger partial charge in [0.1, 0.15) is 0 Å². The Morgan fingerprint density at radius 1 is 1.69 bits per heavy atom. The third kappa shape index (κ3) is 2.54. The molecule has 0 bridgehead atoms. The lowest BCUT2D eigenvalue weighted by Gasteiger charge is -2.21. The maximum Gasteiger partial charge on any atom is 0.0632 e. The van der Waals surface area contributed by atoms with E-state index >= 15 is 0 Å². The number of aromatic nitrogens is 2. The Hall–Kier alpha value is -0.350. The van der Waals surface area contributed by atoms with Gasteiger partial charge in [-0.3, -0.25) is 4.68 Å². The van der Waals surface area contributed by atoms with Crippen LogP contribution in [0.4, 0.5) is 0 Å².